The lowest BCUT2D eigenvalue weighted by Crippen LogP contribution is -1.89. The van der Waals surface area contributed by atoms with Crippen molar-refractivity contribution >= 4 is 50.4 Å². The molecule has 4 rings (SSSR count). The molecule has 9 heteroatoms. The van der Waals surface area contributed by atoms with Gasteiger partial charge in [0.25, 0.3) is 0 Å². The molecule has 0 amide bonds. The number of H-pyrrole nitrogens is 1. The van der Waals surface area contributed by atoms with Crippen LogP contribution in [0.15, 0.2) is 50.7 Å². The van der Waals surface area contributed by atoms with Crippen LogP contribution in [0, 0.1) is 0 Å². The van der Waals surface area contributed by atoms with E-state index in [0.717, 1.165) is 49.6 Å². The van der Waals surface area contributed by atoms with E-state index in [1.54, 1.807) is 41.5 Å². The van der Waals surface area contributed by atoms with Crippen molar-refractivity contribution in [3.63, 3.8) is 0 Å². The molecule has 1 N–H and O–H groups in total. The molecule has 3 heterocycles. The molecule has 0 bridgehead atoms. The normalized spacial score (nSPS) is 11.0. The van der Waals surface area contributed by atoms with Gasteiger partial charge in [-0.2, -0.15) is 0 Å². The van der Waals surface area contributed by atoms with Crippen molar-refractivity contribution in [3.05, 3.63) is 62.0 Å². The van der Waals surface area contributed by atoms with E-state index in [2.05, 4.69) is 47.9 Å². The van der Waals surface area contributed by atoms with Crippen molar-refractivity contribution < 1.29 is 4.74 Å². The van der Waals surface area contributed by atoms with Gasteiger partial charge in [0.15, 0.2) is 0 Å². The van der Waals surface area contributed by atoms with Gasteiger partial charge in [-0.15, -0.1) is 27.8 Å². The van der Waals surface area contributed by atoms with Crippen LogP contribution in [0.4, 0.5) is 0 Å². The summed E-state index contributed by atoms with van der Waals surface area (Å²) in [5, 5.41) is 13.1. The zero-order valence-electron chi connectivity index (χ0n) is 14.3. The van der Waals surface area contributed by atoms with E-state index in [-0.39, 0.29) is 0 Å². The molecule has 0 saturated carbocycles. The molecular formula is C18H15BrN4OS3. The summed E-state index contributed by atoms with van der Waals surface area (Å²) in [6, 6.07) is 10.1. The van der Waals surface area contributed by atoms with Gasteiger partial charge in [0, 0.05) is 26.9 Å². The van der Waals surface area contributed by atoms with E-state index in [1.165, 1.54) is 4.88 Å². The summed E-state index contributed by atoms with van der Waals surface area (Å²) in [7, 11) is 1.67. The number of nitrogens with one attached hydrogen (secondary N) is 1. The molecule has 0 radical (unpaired) electrons. The number of thiophene rings is 1. The maximum Gasteiger partial charge on any atom is 0.208 e. The monoisotopic (exact) mass is 478 g/mol. The van der Waals surface area contributed by atoms with Crippen molar-refractivity contribution in [2.75, 3.05) is 7.11 Å². The molecule has 0 atom stereocenters. The van der Waals surface area contributed by atoms with Gasteiger partial charge in [0.1, 0.15) is 16.6 Å². The summed E-state index contributed by atoms with van der Waals surface area (Å²) in [5.74, 6) is 2.43. The van der Waals surface area contributed by atoms with E-state index < -0.39 is 0 Å². The number of methoxy groups -OCH3 is 1. The van der Waals surface area contributed by atoms with Gasteiger partial charge in [-0.05, 0) is 29.6 Å². The Morgan fingerprint density at radius 2 is 2.15 bits per heavy atom. The first-order valence-electron chi connectivity index (χ1n) is 8.06. The average molecular weight is 479 g/mol. The Morgan fingerprint density at radius 1 is 1.22 bits per heavy atom. The molecule has 3 aromatic heterocycles. The minimum absolute atomic E-state index is 0.725. The predicted molar refractivity (Wildman–Crippen MR) is 115 cm³/mol. The third kappa shape index (κ3) is 4.60. The number of hydrogen-bond acceptors (Lipinski definition) is 7. The molecule has 4 aromatic rings. The van der Waals surface area contributed by atoms with Crippen LogP contribution in [-0.2, 0) is 12.2 Å². The largest absolute Gasteiger partial charge is 0.496 e. The lowest BCUT2D eigenvalue weighted by atomic mass is 10.2. The standard InChI is InChI=1S/C18H15BrN4OS3/c1-24-15-5-4-11(19)7-14(15)17-20-12(9-26-17)10-27-18-21-16(22-23-18)8-13-3-2-6-25-13/h2-7,9H,8,10H2,1H3,(H,21,22,23). The van der Waals surface area contributed by atoms with Gasteiger partial charge in [0.2, 0.25) is 5.16 Å². The van der Waals surface area contributed by atoms with Crippen molar-refractivity contribution in [2.24, 2.45) is 0 Å². The number of aromatic amines is 1. The Bertz CT molecular complexity index is 1030. The number of rotatable bonds is 7. The molecule has 27 heavy (non-hydrogen) atoms. The molecule has 0 aliphatic heterocycles. The van der Waals surface area contributed by atoms with Crippen molar-refractivity contribution in [1.29, 1.82) is 0 Å². The van der Waals surface area contributed by atoms with Crippen LogP contribution in [0.1, 0.15) is 16.4 Å². The van der Waals surface area contributed by atoms with E-state index >= 15 is 0 Å². The zero-order valence-corrected chi connectivity index (χ0v) is 18.3. The molecule has 0 spiro atoms. The van der Waals surface area contributed by atoms with Crippen LogP contribution in [0.5, 0.6) is 5.75 Å². The summed E-state index contributed by atoms with van der Waals surface area (Å²) in [4.78, 5) is 10.6. The first kappa shape index (κ1) is 18.7. The highest BCUT2D eigenvalue weighted by Gasteiger charge is 2.12. The minimum atomic E-state index is 0.725. The van der Waals surface area contributed by atoms with E-state index in [1.807, 2.05) is 24.3 Å². The van der Waals surface area contributed by atoms with Gasteiger partial charge in [-0.25, -0.2) is 9.97 Å². The quantitative estimate of drug-likeness (QED) is 0.348. The smallest absolute Gasteiger partial charge is 0.208 e. The maximum absolute atomic E-state index is 5.46. The number of hydrogen-bond donors (Lipinski definition) is 1. The number of aromatic nitrogens is 4. The number of nitrogens with zero attached hydrogens (tertiary/aromatic N) is 3. The maximum atomic E-state index is 5.46. The Morgan fingerprint density at radius 3 is 2.96 bits per heavy atom. The van der Waals surface area contributed by atoms with Gasteiger partial charge < -0.3 is 4.74 Å². The Labute approximate surface area is 177 Å². The zero-order chi connectivity index (χ0) is 18.6. The Kier molecular flexibility index (Phi) is 5.92. The molecule has 1 aromatic carbocycles. The highest BCUT2D eigenvalue weighted by molar-refractivity contribution is 9.10. The fourth-order valence-electron chi connectivity index (χ4n) is 2.48. The molecule has 5 nitrogen and oxygen atoms in total. The fraction of sp³-hybridized carbons (Fsp3) is 0.167. The highest BCUT2D eigenvalue weighted by atomic mass is 79.9. The van der Waals surface area contributed by atoms with Gasteiger partial charge >= 0.3 is 0 Å². The average Bonchev–Trinajstić information content (AvgIpc) is 3.43. The van der Waals surface area contributed by atoms with Crippen LogP contribution >= 0.6 is 50.4 Å². The van der Waals surface area contributed by atoms with Crippen LogP contribution in [0.2, 0.25) is 0 Å². The second kappa shape index (κ2) is 8.55. The summed E-state index contributed by atoms with van der Waals surface area (Å²) in [6.45, 7) is 0. The second-order valence-electron chi connectivity index (χ2n) is 5.60. The first-order valence-corrected chi connectivity index (χ1v) is 11.6. The molecule has 0 aliphatic carbocycles. The molecule has 138 valence electrons. The lowest BCUT2D eigenvalue weighted by molar-refractivity contribution is 0.416. The van der Waals surface area contributed by atoms with Crippen LogP contribution < -0.4 is 4.74 Å². The Hall–Kier alpha value is -1.68. The van der Waals surface area contributed by atoms with E-state index in [0.29, 0.717) is 0 Å². The van der Waals surface area contributed by atoms with Crippen LogP contribution in [0.25, 0.3) is 10.6 Å². The molecular weight excluding hydrogens is 464 g/mol. The molecule has 0 fully saturated rings. The number of halogens is 1. The third-order valence-corrected chi connectivity index (χ3v) is 6.90. The van der Waals surface area contributed by atoms with Crippen LogP contribution in [-0.4, -0.2) is 27.3 Å². The summed E-state index contributed by atoms with van der Waals surface area (Å²) in [5.41, 5.74) is 2.00. The second-order valence-corrected chi connectivity index (χ2v) is 9.35. The summed E-state index contributed by atoms with van der Waals surface area (Å²) >= 11 is 8.43. The third-order valence-electron chi connectivity index (χ3n) is 3.73. The molecule has 0 saturated heterocycles. The summed E-state index contributed by atoms with van der Waals surface area (Å²) in [6.07, 6.45) is 0.786. The Balaban J connectivity index is 1.42. The number of thiazole rings is 1. The minimum Gasteiger partial charge on any atom is -0.496 e. The van der Waals surface area contributed by atoms with Crippen molar-refractivity contribution in [1.82, 2.24) is 20.2 Å². The topological polar surface area (TPSA) is 63.7 Å². The fourth-order valence-corrected chi connectivity index (χ4v) is 5.21. The lowest BCUT2D eigenvalue weighted by Gasteiger charge is -2.06. The number of ether oxygens (including phenoxy) is 1. The number of benzene rings is 1. The van der Waals surface area contributed by atoms with Gasteiger partial charge in [0.05, 0.1) is 18.4 Å². The van der Waals surface area contributed by atoms with Crippen molar-refractivity contribution in [2.45, 2.75) is 17.3 Å². The first-order chi connectivity index (χ1) is 13.2. The molecule has 0 aliphatic rings. The highest BCUT2D eigenvalue weighted by Crippen LogP contribution is 2.35. The van der Waals surface area contributed by atoms with E-state index in [4.69, 9.17) is 9.72 Å². The van der Waals surface area contributed by atoms with Gasteiger partial charge in [-0.3, -0.25) is 5.10 Å². The number of thioether (sulfide) groups is 1. The van der Waals surface area contributed by atoms with E-state index in [9.17, 15) is 0 Å². The SMILES string of the molecule is COc1ccc(Br)cc1-c1nc(CSc2n[nH]c(Cc3cccs3)n2)cs1. The van der Waals surface area contributed by atoms with Crippen LogP contribution in [0.3, 0.4) is 0 Å². The summed E-state index contributed by atoms with van der Waals surface area (Å²) < 4.78 is 6.46. The predicted octanol–water partition coefficient (Wildman–Crippen LogP) is 5.64. The van der Waals surface area contributed by atoms with Gasteiger partial charge in [-0.1, -0.05) is 33.8 Å². The molecule has 0 unspecified atom stereocenters. The van der Waals surface area contributed by atoms with Crippen molar-refractivity contribution in [3.8, 4) is 16.3 Å².